The summed E-state index contributed by atoms with van der Waals surface area (Å²) in [5, 5.41) is 0. The standard InChI is InChI=1S/C32H33N3O/c1-24-19-30(28-11-4-2-5-12-28)34-32(33-24)22-27-10-8-9-26(20-27)21-31(36)29-15-13-25(14-16-29)23-35-17-6-3-7-18-35/h2,4-5,8-16,19-20H,3,6-7,17-18,21-23H2,1H3. The Morgan fingerprint density at radius 3 is 2.31 bits per heavy atom. The van der Waals surface area contributed by atoms with E-state index in [1.54, 1.807) is 0 Å². The summed E-state index contributed by atoms with van der Waals surface area (Å²) >= 11 is 0. The Morgan fingerprint density at radius 2 is 1.53 bits per heavy atom. The molecule has 0 atom stereocenters. The highest BCUT2D eigenvalue weighted by Crippen LogP contribution is 2.19. The van der Waals surface area contributed by atoms with Crippen LogP contribution in [0.15, 0.2) is 84.9 Å². The Hall–Kier alpha value is -3.63. The summed E-state index contributed by atoms with van der Waals surface area (Å²) in [6.45, 7) is 5.34. The molecule has 0 unspecified atom stereocenters. The monoisotopic (exact) mass is 475 g/mol. The van der Waals surface area contributed by atoms with Crippen molar-refractivity contribution >= 4 is 5.78 Å². The summed E-state index contributed by atoms with van der Waals surface area (Å²) in [5.41, 5.74) is 7.17. The van der Waals surface area contributed by atoms with Crippen LogP contribution < -0.4 is 0 Å². The van der Waals surface area contributed by atoms with E-state index in [4.69, 9.17) is 4.98 Å². The molecule has 1 aromatic heterocycles. The van der Waals surface area contributed by atoms with Gasteiger partial charge in [0, 0.05) is 36.2 Å². The third-order valence-electron chi connectivity index (χ3n) is 6.82. The molecule has 0 spiro atoms. The molecule has 1 aliphatic heterocycles. The molecule has 4 nitrogen and oxygen atoms in total. The lowest BCUT2D eigenvalue weighted by Crippen LogP contribution is -2.29. The van der Waals surface area contributed by atoms with E-state index in [0.717, 1.165) is 46.0 Å². The normalized spacial score (nSPS) is 14.0. The molecule has 5 rings (SSSR count). The van der Waals surface area contributed by atoms with E-state index >= 15 is 0 Å². The van der Waals surface area contributed by atoms with E-state index in [-0.39, 0.29) is 5.78 Å². The number of hydrogen-bond acceptors (Lipinski definition) is 4. The first-order valence-electron chi connectivity index (χ1n) is 12.9. The molecule has 3 aromatic carbocycles. The summed E-state index contributed by atoms with van der Waals surface area (Å²) in [5.74, 6) is 0.941. The molecule has 1 fully saturated rings. The minimum atomic E-state index is 0.148. The van der Waals surface area contributed by atoms with Crippen LogP contribution in [0.5, 0.6) is 0 Å². The molecule has 1 saturated heterocycles. The first kappa shape index (κ1) is 24.1. The average Bonchev–Trinajstić information content (AvgIpc) is 2.90. The number of aryl methyl sites for hydroxylation is 1. The van der Waals surface area contributed by atoms with Crippen molar-refractivity contribution in [2.45, 2.75) is 45.6 Å². The van der Waals surface area contributed by atoms with Crippen molar-refractivity contribution in [3.63, 3.8) is 0 Å². The van der Waals surface area contributed by atoms with Gasteiger partial charge in [-0.2, -0.15) is 0 Å². The van der Waals surface area contributed by atoms with Gasteiger partial charge in [-0.3, -0.25) is 9.69 Å². The Balaban J connectivity index is 1.24. The Morgan fingerprint density at radius 1 is 0.778 bits per heavy atom. The van der Waals surface area contributed by atoms with Crippen LogP contribution in [0, 0.1) is 6.92 Å². The molecular weight excluding hydrogens is 442 g/mol. The number of ketones is 1. The molecular formula is C32H33N3O. The summed E-state index contributed by atoms with van der Waals surface area (Å²) < 4.78 is 0. The number of piperidine rings is 1. The van der Waals surface area contributed by atoms with Gasteiger partial charge in [0.1, 0.15) is 5.82 Å². The van der Waals surface area contributed by atoms with E-state index in [0.29, 0.717) is 12.8 Å². The number of Topliss-reactive ketones (excluding diaryl/α,β-unsaturated/α-hetero) is 1. The number of carbonyl (C=O) groups is 1. The van der Waals surface area contributed by atoms with Gasteiger partial charge >= 0.3 is 0 Å². The number of likely N-dealkylation sites (tertiary alicyclic amines) is 1. The van der Waals surface area contributed by atoms with Crippen molar-refractivity contribution in [3.8, 4) is 11.3 Å². The van der Waals surface area contributed by atoms with Crippen molar-refractivity contribution in [1.82, 2.24) is 14.9 Å². The van der Waals surface area contributed by atoms with Crippen LogP contribution >= 0.6 is 0 Å². The van der Waals surface area contributed by atoms with Gasteiger partial charge in [-0.05, 0) is 55.6 Å². The van der Waals surface area contributed by atoms with Gasteiger partial charge in [-0.25, -0.2) is 9.97 Å². The minimum absolute atomic E-state index is 0.148. The van der Waals surface area contributed by atoms with Crippen LogP contribution in [-0.4, -0.2) is 33.7 Å². The van der Waals surface area contributed by atoms with E-state index in [1.807, 2.05) is 55.5 Å². The lowest BCUT2D eigenvalue weighted by Gasteiger charge is -2.26. The number of carbonyl (C=O) groups excluding carboxylic acids is 1. The van der Waals surface area contributed by atoms with Crippen molar-refractivity contribution in [3.05, 3.63) is 119 Å². The zero-order valence-electron chi connectivity index (χ0n) is 21.0. The fraction of sp³-hybridized carbons (Fsp3) is 0.281. The van der Waals surface area contributed by atoms with E-state index in [9.17, 15) is 4.79 Å². The van der Waals surface area contributed by atoms with Gasteiger partial charge < -0.3 is 0 Å². The first-order chi connectivity index (χ1) is 17.6. The largest absolute Gasteiger partial charge is 0.299 e. The van der Waals surface area contributed by atoms with Crippen molar-refractivity contribution in [2.75, 3.05) is 13.1 Å². The van der Waals surface area contributed by atoms with E-state index in [1.165, 1.54) is 37.9 Å². The Kier molecular flexibility index (Phi) is 7.63. The zero-order valence-corrected chi connectivity index (χ0v) is 21.0. The molecule has 0 bridgehead atoms. The van der Waals surface area contributed by atoms with Crippen LogP contribution in [0.2, 0.25) is 0 Å². The number of hydrogen-bond donors (Lipinski definition) is 0. The fourth-order valence-electron chi connectivity index (χ4n) is 4.96. The van der Waals surface area contributed by atoms with Gasteiger partial charge in [0.15, 0.2) is 5.78 Å². The fourth-order valence-corrected chi connectivity index (χ4v) is 4.96. The number of benzene rings is 3. The first-order valence-corrected chi connectivity index (χ1v) is 12.9. The molecule has 2 heterocycles. The summed E-state index contributed by atoms with van der Waals surface area (Å²) in [6.07, 6.45) is 4.95. The molecule has 4 aromatic rings. The van der Waals surface area contributed by atoms with Gasteiger partial charge in [0.2, 0.25) is 0 Å². The predicted molar refractivity (Wildman–Crippen MR) is 145 cm³/mol. The molecule has 1 aliphatic rings. The second-order valence-corrected chi connectivity index (χ2v) is 9.81. The van der Waals surface area contributed by atoms with Gasteiger partial charge in [0.25, 0.3) is 0 Å². The third-order valence-corrected chi connectivity index (χ3v) is 6.82. The van der Waals surface area contributed by atoms with Crippen LogP contribution in [0.25, 0.3) is 11.3 Å². The van der Waals surface area contributed by atoms with Crippen LogP contribution in [-0.2, 0) is 19.4 Å². The van der Waals surface area contributed by atoms with Gasteiger partial charge in [-0.1, -0.05) is 85.3 Å². The number of nitrogens with zero attached hydrogens (tertiary/aromatic N) is 3. The van der Waals surface area contributed by atoms with Crippen molar-refractivity contribution < 1.29 is 4.79 Å². The van der Waals surface area contributed by atoms with E-state index < -0.39 is 0 Å². The Labute approximate surface area is 214 Å². The lowest BCUT2D eigenvalue weighted by molar-refractivity contribution is 0.0993. The molecule has 0 aliphatic carbocycles. The maximum atomic E-state index is 13.0. The molecule has 0 radical (unpaired) electrons. The Bertz CT molecular complexity index is 1310. The second kappa shape index (κ2) is 11.4. The maximum Gasteiger partial charge on any atom is 0.167 e. The highest BCUT2D eigenvalue weighted by Gasteiger charge is 2.12. The lowest BCUT2D eigenvalue weighted by atomic mass is 9.99. The molecule has 0 N–H and O–H groups in total. The van der Waals surface area contributed by atoms with Crippen molar-refractivity contribution in [2.24, 2.45) is 0 Å². The van der Waals surface area contributed by atoms with Gasteiger partial charge in [-0.15, -0.1) is 0 Å². The maximum absolute atomic E-state index is 13.0. The number of rotatable bonds is 8. The number of aromatic nitrogens is 2. The SMILES string of the molecule is Cc1cc(-c2ccccc2)nc(Cc2cccc(CC(=O)c3ccc(CN4CCCCC4)cc3)c2)n1. The molecule has 182 valence electrons. The topological polar surface area (TPSA) is 46.1 Å². The van der Waals surface area contributed by atoms with Crippen LogP contribution in [0.3, 0.4) is 0 Å². The summed E-state index contributed by atoms with van der Waals surface area (Å²) in [6, 6.07) is 28.6. The van der Waals surface area contributed by atoms with E-state index in [2.05, 4.69) is 46.3 Å². The highest BCUT2D eigenvalue weighted by molar-refractivity contribution is 5.97. The van der Waals surface area contributed by atoms with Crippen LogP contribution in [0.1, 0.15) is 57.8 Å². The smallest absolute Gasteiger partial charge is 0.167 e. The molecule has 0 saturated carbocycles. The zero-order chi connectivity index (χ0) is 24.7. The quantitative estimate of drug-likeness (QED) is 0.275. The molecule has 36 heavy (non-hydrogen) atoms. The summed E-state index contributed by atoms with van der Waals surface area (Å²) in [4.78, 5) is 25.0. The predicted octanol–water partition coefficient (Wildman–Crippen LogP) is 6.45. The van der Waals surface area contributed by atoms with Crippen LogP contribution in [0.4, 0.5) is 0 Å². The van der Waals surface area contributed by atoms with Crippen molar-refractivity contribution in [1.29, 1.82) is 0 Å². The molecule has 0 amide bonds. The molecule has 4 heteroatoms. The average molecular weight is 476 g/mol. The third kappa shape index (κ3) is 6.32. The minimum Gasteiger partial charge on any atom is -0.299 e. The van der Waals surface area contributed by atoms with Gasteiger partial charge in [0.05, 0.1) is 5.69 Å². The highest BCUT2D eigenvalue weighted by atomic mass is 16.1. The summed E-state index contributed by atoms with van der Waals surface area (Å²) in [7, 11) is 0. The second-order valence-electron chi connectivity index (χ2n) is 9.81.